The molecule has 0 amide bonds. The van der Waals surface area contributed by atoms with Crippen LogP contribution in [0.1, 0.15) is 24.5 Å². The topological polar surface area (TPSA) is 65.0 Å². The van der Waals surface area contributed by atoms with E-state index in [1.54, 1.807) is 25.1 Å². The molecular formula is C23H15Br2NO4. The number of halogens is 2. The summed E-state index contributed by atoms with van der Waals surface area (Å²) in [5.74, 6) is -0.203. The monoisotopic (exact) mass is 527 g/mol. The predicted molar refractivity (Wildman–Crippen MR) is 122 cm³/mol. The Morgan fingerprint density at radius 2 is 1.80 bits per heavy atom. The fraction of sp³-hybridized carbons (Fsp3) is 0.0870. The maximum Gasteiger partial charge on any atom is 0.363 e. The Balaban J connectivity index is 1.70. The number of carbonyl (C=O) groups is 2. The minimum Gasteiger partial charge on any atom is -0.424 e. The molecule has 0 saturated carbocycles. The lowest BCUT2D eigenvalue weighted by Gasteiger charge is -2.09. The molecule has 4 rings (SSSR count). The van der Waals surface area contributed by atoms with E-state index in [2.05, 4.69) is 36.9 Å². The Labute approximate surface area is 189 Å². The highest BCUT2D eigenvalue weighted by atomic mass is 79.9. The molecule has 0 aromatic heterocycles. The molecular weight excluding hydrogens is 514 g/mol. The number of benzene rings is 3. The Kier molecular flexibility index (Phi) is 5.83. The summed E-state index contributed by atoms with van der Waals surface area (Å²) in [5, 5.41) is 2.00. The Morgan fingerprint density at radius 3 is 2.53 bits per heavy atom. The summed E-state index contributed by atoms with van der Waals surface area (Å²) in [5.41, 5.74) is 1.64. The third-order valence-corrected chi connectivity index (χ3v) is 5.65. The van der Waals surface area contributed by atoms with Crippen LogP contribution < -0.4 is 4.74 Å². The standard InChI is InChI=1S/C23H15Br2NO4/c1-2-20(27)29-21-17(24)10-13(11-18(21)25)12-19-23(28)30-22(26-19)16-9-5-7-14-6-3-4-8-15(14)16/h3-12H,2H2,1H3. The van der Waals surface area contributed by atoms with Crippen molar-refractivity contribution in [2.75, 3.05) is 0 Å². The largest absolute Gasteiger partial charge is 0.424 e. The van der Waals surface area contributed by atoms with Gasteiger partial charge in [0.1, 0.15) is 0 Å². The van der Waals surface area contributed by atoms with Crippen LogP contribution in [0.2, 0.25) is 0 Å². The van der Waals surface area contributed by atoms with E-state index in [-0.39, 0.29) is 24.0 Å². The van der Waals surface area contributed by atoms with Crippen molar-refractivity contribution in [3.8, 4) is 5.75 Å². The number of rotatable bonds is 4. The molecule has 3 aromatic carbocycles. The summed E-state index contributed by atoms with van der Waals surface area (Å²) < 4.78 is 11.9. The second kappa shape index (κ2) is 8.53. The van der Waals surface area contributed by atoms with E-state index in [4.69, 9.17) is 9.47 Å². The molecule has 30 heavy (non-hydrogen) atoms. The summed E-state index contributed by atoms with van der Waals surface area (Å²) in [6.45, 7) is 1.72. The van der Waals surface area contributed by atoms with E-state index < -0.39 is 5.97 Å². The van der Waals surface area contributed by atoms with Gasteiger partial charge in [-0.2, -0.15) is 0 Å². The zero-order valence-electron chi connectivity index (χ0n) is 15.8. The molecule has 0 atom stereocenters. The third kappa shape index (κ3) is 4.08. The van der Waals surface area contributed by atoms with Crippen molar-refractivity contribution < 1.29 is 19.1 Å². The van der Waals surface area contributed by atoms with Crippen LogP contribution in [0.15, 0.2) is 74.2 Å². The van der Waals surface area contributed by atoms with Crippen LogP contribution >= 0.6 is 31.9 Å². The number of hydrogen-bond donors (Lipinski definition) is 0. The second-order valence-corrected chi connectivity index (χ2v) is 8.21. The number of nitrogens with zero attached hydrogens (tertiary/aromatic N) is 1. The number of cyclic esters (lactones) is 1. The van der Waals surface area contributed by atoms with Crippen molar-refractivity contribution in [1.29, 1.82) is 0 Å². The normalized spacial score (nSPS) is 14.7. The number of esters is 2. The van der Waals surface area contributed by atoms with Crippen molar-refractivity contribution in [2.45, 2.75) is 13.3 Å². The van der Waals surface area contributed by atoms with Crippen molar-refractivity contribution >= 4 is 66.5 Å². The molecule has 0 aliphatic carbocycles. The van der Waals surface area contributed by atoms with Gasteiger partial charge < -0.3 is 9.47 Å². The number of ether oxygens (including phenoxy) is 2. The van der Waals surface area contributed by atoms with Crippen LogP contribution in [0.4, 0.5) is 0 Å². The Hall–Kier alpha value is -2.77. The van der Waals surface area contributed by atoms with E-state index in [9.17, 15) is 9.59 Å². The van der Waals surface area contributed by atoms with Gasteiger partial charge in [0.2, 0.25) is 5.90 Å². The molecule has 1 heterocycles. The smallest absolute Gasteiger partial charge is 0.363 e. The van der Waals surface area contributed by atoms with Gasteiger partial charge in [-0.05, 0) is 72.5 Å². The molecule has 0 radical (unpaired) electrons. The van der Waals surface area contributed by atoms with Gasteiger partial charge in [-0.25, -0.2) is 9.79 Å². The predicted octanol–water partition coefficient (Wildman–Crippen LogP) is 6.02. The van der Waals surface area contributed by atoms with Gasteiger partial charge in [-0.15, -0.1) is 0 Å². The zero-order chi connectivity index (χ0) is 21.3. The van der Waals surface area contributed by atoms with E-state index in [0.717, 1.165) is 16.3 Å². The first-order chi connectivity index (χ1) is 14.5. The highest BCUT2D eigenvalue weighted by Crippen LogP contribution is 2.36. The van der Waals surface area contributed by atoms with Gasteiger partial charge in [0.25, 0.3) is 0 Å². The SMILES string of the molecule is CCC(=O)Oc1c(Br)cc(C=C2N=C(c3cccc4ccccc34)OC2=O)cc1Br. The molecule has 0 bridgehead atoms. The molecule has 7 heteroatoms. The average Bonchev–Trinajstić information content (AvgIpc) is 3.10. The van der Waals surface area contributed by atoms with Crippen molar-refractivity contribution in [3.05, 3.63) is 80.4 Å². The Morgan fingerprint density at radius 1 is 1.10 bits per heavy atom. The molecule has 0 fully saturated rings. The number of carbonyl (C=O) groups excluding carboxylic acids is 2. The van der Waals surface area contributed by atoms with Gasteiger partial charge in [-0.3, -0.25) is 4.79 Å². The summed E-state index contributed by atoms with van der Waals surface area (Å²) >= 11 is 6.81. The molecule has 0 spiro atoms. The van der Waals surface area contributed by atoms with Gasteiger partial charge in [0, 0.05) is 12.0 Å². The lowest BCUT2D eigenvalue weighted by atomic mass is 10.0. The van der Waals surface area contributed by atoms with Crippen molar-refractivity contribution in [2.24, 2.45) is 4.99 Å². The first kappa shape index (κ1) is 20.5. The quantitative estimate of drug-likeness (QED) is 0.236. The van der Waals surface area contributed by atoms with Gasteiger partial charge in [-0.1, -0.05) is 43.3 Å². The minimum atomic E-state index is -0.522. The summed E-state index contributed by atoms with van der Waals surface area (Å²) in [6, 6.07) is 17.1. The van der Waals surface area contributed by atoms with Crippen LogP contribution in [0.5, 0.6) is 5.75 Å². The highest BCUT2D eigenvalue weighted by molar-refractivity contribution is 9.11. The van der Waals surface area contributed by atoms with Gasteiger partial charge in [0.15, 0.2) is 11.4 Å². The molecule has 3 aromatic rings. The number of aliphatic imine (C=N–C) groups is 1. The minimum absolute atomic E-state index is 0.190. The summed E-state index contributed by atoms with van der Waals surface area (Å²) in [7, 11) is 0. The molecule has 1 aliphatic heterocycles. The van der Waals surface area contributed by atoms with E-state index >= 15 is 0 Å². The van der Waals surface area contributed by atoms with Crippen LogP contribution in [-0.4, -0.2) is 17.8 Å². The molecule has 150 valence electrons. The third-order valence-electron chi connectivity index (χ3n) is 4.47. The average molecular weight is 529 g/mol. The van der Waals surface area contributed by atoms with E-state index in [0.29, 0.717) is 20.3 Å². The molecule has 0 saturated heterocycles. The molecule has 5 nitrogen and oxygen atoms in total. The maximum absolute atomic E-state index is 12.4. The van der Waals surface area contributed by atoms with Crippen LogP contribution in [0.3, 0.4) is 0 Å². The lowest BCUT2D eigenvalue weighted by Crippen LogP contribution is -2.06. The highest BCUT2D eigenvalue weighted by Gasteiger charge is 2.25. The number of fused-ring (bicyclic) bond motifs is 1. The molecule has 0 unspecified atom stereocenters. The first-order valence-electron chi connectivity index (χ1n) is 9.16. The zero-order valence-corrected chi connectivity index (χ0v) is 19.0. The van der Waals surface area contributed by atoms with Crippen molar-refractivity contribution in [1.82, 2.24) is 0 Å². The van der Waals surface area contributed by atoms with Gasteiger partial charge >= 0.3 is 11.9 Å². The van der Waals surface area contributed by atoms with E-state index in [1.165, 1.54) is 0 Å². The fourth-order valence-electron chi connectivity index (χ4n) is 3.04. The van der Waals surface area contributed by atoms with Crippen molar-refractivity contribution in [3.63, 3.8) is 0 Å². The molecule has 0 N–H and O–H groups in total. The summed E-state index contributed by atoms with van der Waals surface area (Å²) in [4.78, 5) is 28.4. The van der Waals surface area contributed by atoms with Crippen LogP contribution in [0.25, 0.3) is 16.8 Å². The fourth-order valence-corrected chi connectivity index (χ4v) is 4.42. The van der Waals surface area contributed by atoms with Gasteiger partial charge in [0.05, 0.1) is 8.95 Å². The maximum atomic E-state index is 12.4. The summed E-state index contributed by atoms with van der Waals surface area (Å²) in [6.07, 6.45) is 1.89. The first-order valence-corrected chi connectivity index (χ1v) is 10.7. The number of hydrogen-bond acceptors (Lipinski definition) is 5. The van der Waals surface area contributed by atoms with Crippen LogP contribution in [-0.2, 0) is 14.3 Å². The second-order valence-electron chi connectivity index (χ2n) is 6.50. The molecule has 1 aliphatic rings. The van der Waals surface area contributed by atoms with Crippen LogP contribution in [0, 0.1) is 0 Å². The Bertz CT molecular complexity index is 1220. The van der Waals surface area contributed by atoms with E-state index in [1.807, 2.05) is 42.5 Å². The lowest BCUT2D eigenvalue weighted by molar-refractivity contribution is -0.134.